The van der Waals surface area contributed by atoms with Gasteiger partial charge in [-0.1, -0.05) is 6.92 Å². The van der Waals surface area contributed by atoms with Crippen molar-refractivity contribution in [3.05, 3.63) is 0 Å². The Kier molecular flexibility index (Phi) is 9.99. The number of rotatable bonds is 9. The summed E-state index contributed by atoms with van der Waals surface area (Å²) in [5.74, 6) is -0.0702. The van der Waals surface area contributed by atoms with Crippen LogP contribution in [0, 0.1) is 0 Å². The van der Waals surface area contributed by atoms with Crippen molar-refractivity contribution in [3.8, 4) is 0 Å². The smallest absolute Gasteiger partial charge is 0.322 e. The molecule has 0 saturated carbocycles. The van der Waals surface area contributed by atoms with Gasteiger partial charge in [0.2, 0.25) is 0 Å². The van der Waals surface area contributed by atoms with E-state index in [2.05, 4.69) is 10.3 Å². The zero-order valence-corrected chi connectivity index (χ0v) is 11.1. The summed E-state index contributed by atoms with van der Waals surface area (Å²) in [6, 6.07) is -0.646. The molecule has 0 fully saturated rings. The first-order valence-electron chi connectivity index (χ1n) is 6.06. The summed E-state index contributed by atoms with van der Waals surface area (Å²) in [6.07, 6.45) is 1.20. The zero-order valence-electron chi connectivity index (χ0n) is 11.1. The second-order valence-electron chi connectivity index (χ2n) is 3.75. The molecule has 0 saturated heterocycles. The standard InChI is InChI=1S/C11H24N4O3/c1-3-7-18-10(16)9(12)4-5-14-11(13)15-6-8-17-2/h9H,3-8,12H2,1-2H3,(H3,13,14,15). The predicted octanol–water partition coefficient (Wildman–Crippen LogP) is -0.792. The maximum Gasteiger partial charge on any atom is 0.322 e. The van der Waals surface area contributed by atoms with Crippen LogP contribution >= 0.6 is 0 Å². The molecule has 0 aliphatic rings. The van der Waals surface area contributed by atoms with E-state index in [-0.39, 0.29) is 0 Å². The third kappa shape index (κ3) is 8.77. The Bertz CT molecular complexity index is 259. The predicted molar refractivity (Wildman–Crippen MR) is 70.2 cm³/mol. The fraction of sp³-hybridized carbons (Fsp3) is 0.818. The van der Waals surface area contributed by atoms with E-state index in [9.17, 15) is 4.79 Å². The Balaban J connectivity index is 3.73. The van der Waals surface area contributed by atoms with Gasteiger partial charge in [-0.05, 0) is 12.8 Å². The van der Waals surface area contributed by atoms with E-state index >= 15 is 0 Å². The van der Waals surface area contributed by atoms with Crippen LogP contribution in [0.25, 0.3) is 0 Å². The van der Waals surface area contributed by atoms with E-state index in [0.29, 0.717) is 38.7 Å². The second kappa shape index (κ2) is 10.8. The number of nitrogens with two attached hydrogens (primary N) is 2. The first-order valence-corrected chi connectivity index (χ1v) is 6.06. The molecule has 0 aromatic carbocycles. The lowest BCUT2D eigenvalue weighted by Gasteiger charge is -2.10. The molecule has 0 aliphatic heterocycles. The Morgan fingerprint density at radius 1 is 1.44 bits per heavy atom. The maximum atomic E-state index is 11.3. The highest BCUT2D eigenvalue weighted by atomic mass is 16.5. The molecular formula is C11H24N4O3. The van der Waals surface area contributed by atoms with E-state index in [4.69, 9.17) is 20.9 Å². The lowest BCUT2D eigenvalue weighted by Crippen LogP contribution is -2.36. The van der Waals surface area contributed by atoms with Crippen molar-refractivity contribution < 1.29 is 14.3 Å². The summed E-state index contributed by atoms with van der Waals surface area (Å²) in [4.78, 5) is 15.4. The van der Waals surface area contributed by atoms with E-state index in [1.165, 1.54) is 0 Å². The summed E-state index contributed by atoms with van der Waals surface area (Å²) >= 11 is 0. The van der Waals surface area contributed by atoms with E-state index < -0.39 is 12.0 Å². The van der Waals surface area contributed by atoms with Crippen molar-refractivity contribution >= 4 is 11.9 Å². The van der Waals surface area contributed by atoms with Gasteiger partial charge in [-0.25, -0.2) is 0 Å². The average molecular weight is 260 g/mol. The highest BCUT2D eigenvalue weighted by Gasteiger charge is 2.13. The molecule has 7 nitrogen and oxygen atoms in total. The molecule has 7 heteroatoms. The molecule has 0 aromatic heterocycles. The first-order chi connectivity index (χ1) is 8.61. The molecule has 106 valence electrons. The van der Waals surface area contributed by atoms with Crippen LogP contribution in [-0.2, 0) is 14.3 Å². The maximum absolute atomic E-state index is 11.3. The van der Waals surface area contributed by atoms with Gasteiger partial charge in [-0.3, -0.25) is 9.79 Å². The van der Waals surface area contributed by atoms with Crippen LogP contribution in [0.15, 0.2) is 4.99 Å². The molecule has 0 heterocycles. The Morgan fingerprint density at radius 2 is 2.17 bits per heavy atom. The number of aliphatic imine (C=N–C) groups is 1. The van der Waals surface area contributed by atoms with Crippen LogP contribution in [0.4, 0.5) is 0 Å². The van der Waals surface area contributed by atoms with Crippen molar-refractivity contribution in [1.29, 1.82) is 0 Å². The fourth-order valence-corrected chi connectivity index (χ4v) is 1.09. The SMILES string of the molecule is CCCOC(=O)C(N)CCN=C(N)NCCOC. The number of ether oxygens (including phenoxy) is 2. The Hall–Kier alpha value is -1.34. The minimum absolute atomic E-state index is 0.321. The monoisotopic (exact) mass is 260 g/mol. The summed E-state index contributed by atoms with van der Waals surface area (Å²) < 4.78 is 9.76. The lowest BCUT2D eigenvalue weighted by atomic mass is 10.2. The lowest BCUT2D eigenvalue weighted by molar-refractivity contribution is -0.145. The van der Waals surface area contributed by atoms with Gasteiger partial charge in [-0.2, -0.15) is 0 Å². The van der Waals surface area contributed by atoms with Gasteiger partial charge in [0.25, 0.3) is 0 Å². The number of nitrogens with zero attached hydrogens (tertiary/aromatic N) is 1. The fourth-order valence-electron chi connectivity index (χ4n) is 1.09. The molecule has 1 atom stereocenters. The molecule has 0 radical (unpaired) electrons. The molecule has 0 bridgehead atoms. The van der Waals surface area contributed by atoms with Crippen LogP contribution in [0.5, 0.6) is 0 Å². The number of nitrogens with one attached hydrogen (secondary N) is 1. The second-order valence-corrected chi connectivity index (χ2v) is 3.75. The van der Waals surface area contributed by atoms with Gasteiger partial charge < -0.3 is 26.3 Å². The largest absolute Gasteiger partial charge is 0.465 e. The molecule has 0 spiro atoms. The molecule has 0 amide bonds. The van der Waals surface area contributed by atoms with Crippen LogP contribution < -0.4 is 16.8 Å². The molecule has 5 N–H and O–H groups in total. The van der Waals surface area contributed by atoms with E-state index in [1.54, 1.807) is 7.11 Å². The molecule has 0 rings (SSSR count). The van der Waals surface area contributed by atoms with Crippen molar-refractivity contribution in [2.24, 2.45) is 16.5 Å². The molecule has 1 unspecified atom stereocenters. The van der Waals surface area contributed by atoms with Gasteiger partial charge in [-0.15, -0.1) is 0 Å². The molecular weight excluding hydrogens is 236 g/mol. The third-order valence-electron chi connectivity index (χ3n) is 2.09. The van der Waals surface area contributed by atoms with Crippen molar-refractivity contribution in [1.82, 2.24) is 5.32 Å². The van der Waals surface area contributed by atoms with Crippen molar-refractivity contribution in [3.63, 3.8) is 0 Å². The number of carbonyl (C=O) groups is 1. The number of esters is 1. The highest BCUT2D eigenvalue weighted by Crippen LogP contribution is 1.94. The molecule has 0 aromatic rings. The highest BCUT2D eigenvalue weighted by molar-refractivity contribution is 5.78. The third-order valence-corrected chi connectivity index (χ3v) is 2.09. The average Bonchev–Trinajstić information content (AvgIpc) is 2.36. The summed E-state index contributed by atoms with van der Waals surface area (Å²) in [7, 11) is 1.61. The van der Waals surface area contributed by atoms with Crippen LogP contribution in [-0.4, -0.2) is 51.4 Å². The zero-order chi connectivity index (χ0) is 13.8. The summed E-state index contributed by atoms with van der Waals surface area (Å²) in [5, 5.41) is 2.87. The number of hydrogen-bond donors (Lipinski definition) is 3. The van der Waals surface area contributed by atoms with Gasteiger partial charge in [0.15, 0.2) is 5.96 Å². The number of methoxy groups -OCH3 is 1. The molecule has 18 heavy (non-hydrogen) atoms. The van der Waals surface area contributed by atoms with Crippen LogP contribution in [0.2, 0.25) is 0 Å². The number of guanidine groups is 1. The van der Waals surface area contributed by atoms with Crippen LogP contribution in [0.3, 0.4) is 0 Å². The van der Waals surface area contributed by atoms with Crippen molar-refractivity contribution in [2.75, 3.05) is 33.4 Å². The van der Waals surface area contributed by atoms with Gasteiger partial charge in [0.05, 0.1) is 13.2 Å². The Labute approximate surface area is 108 Å². The van der Waals surface area contributed by atoms with Gasteiger partial charge in [0.1, 0.15) is 6.04 Å². The van der Waals surface area contributed by atoms with Crippen LogP contribution in [0.1, 0.15) is 19.8 Å². The minimum Gasteiger partial charge on any atom is -0.465 e. The number of carbonyl (C=O) groups excluding carboxylic acids is 1. The summed E-state index contributed by atoms with van der Waals surface area (Å²) in [5.41, 5.74) is 11.2. The first kappa shape index (κ1) is 16.7. The van der Waals surface area contributed by atoms with Gasteiger partial charge in [0, 0.05) is 20.2 Å². The van der Waals surface area contributed by atoms with E-state index in [0.717, 1.165) is 6.42 Å². The summed E-state index contributed by atoms with van der Waals surface area (Å²) in [6.45, 7) is 3.86. The van der Waals surface area contributed by atoms with Crippen molar-refractivity contribution in [2.45, 2.75) is 25.8 Å². The quantitative estimate of drug-likeness (QED) is 0.217. The topological polar surface area (TPSA) is 112 Å². The number of hydrogen-bond acceptors (Lipinski definition) is 5. The normalized spacial score (nSPS) is 13.2. The van der Waals surface area contributed by atoms with Gasteiger partial charge >= 0.3 is 5.97 Å². The minimum atomic E-state index is -0.646. The van der Waals surface area contributed by atoms with E-state index in [1.807, 2.05) is 6.92 Å². The molecule has 0 aliphatic carbocycles. The Morgan fingerprint density at radius 3 is 2.78 bits per heavy atom.